The third-order valence-corrected chi connectivity index (χ3v) is 10.3. The molecule has 2 amide bonds. The summed E-state index contributed by atoms with van der Waals surface area (Å²) in [7, 11) is 0. The zero-order chi connectivity index (χ0) is 37.1. The van der Waals surface area contributed by atoms with E-state index >= 15 is 4.79 Å². The standard InChI is InChI=1S/C40H82N6O4/c1-3-5-7-9-11-13-15-17-19-21-32-46(36(34-38(43)47)35-39(48)49,33-22-20-18-16-14-12-10-8-6-4-2)40(50)37(45-31-25-28-42)26-23-29-44-30-24-27-41/h36-37,44-45H,3-35,41-42H2,1-2H3,(H2-,43,47,48,49)/p+1/t36-,37+/m1/s1. The van der Waals surface area contributed by atoms with Crippen LogP contribution in [0.25, 0.3) is 0 Å². The second kappa shape index (κ2) is 34.5. The molecule has 0 saturated heterocycles. The Balaban J connectivity index is 6.04. The van der Waals surface area contributed by atoms with Crippen molar-refractivity contribution in [3.05, 3.63) is 0 Å². The average molecular weight is 712 g/mol. The van der Waals surface area contributed by atoms with Gasteiger partial charge in [-0.05, 0) is 84.1 Å². The van der Waals surface area contributed by atoms with Crippen LogP contribution in [0.1, 0.15) is 181 Å². The molecule has 10 heteroatoms. The Kier molecular flexibility index (Phi) is 33.4. The van der Waals surface area contributed by atoms with E-state index in [2.05, 4.69) is 24.5 Å². The maximum Gasteiger partial charge on any atom is 0.330 e. The van der Waals surface area contributed by atoms with Crippen molar-refractivity contribution in [3.63, 3.8) is 0 Å². The van der Waals surface area contributed by atoms with Crippen LogP contribution in [0, 0.1) is 0 Å². The van der Waals surface area contributed by atoms with Crippen LogP contribution in [-0.4, -0.2) is 85.3 Å². The molecule has 0 aliphatic heterocycles. The van der Waals surface area contributed by atoms with Crippen molar-refractivity contribution in [2.45, 2.75) is 193 Å². The van der Waals surface area contributed by atoms with Crippen LogP contribution in [0.4, 0.5) is 0 Å². The quantitative estimate of drug-likeness (QED) is 0.0295. The molecule has 0 aliphatic carbocycles. The monoisotopic (exact) mass is 712 g/mol. The topological polar surface area (TPSA) is 174 Å². The van der Waals surface area contributed by atoms with E-state index < -0.39 is 24.0 Å². The van der Waals surface area contributed by atoms with Gasteiger partial charge in [0.15, 0.2) is 0 Å². The zero-order valence-corrected chi connectivity index (χ0v) is 32.8. The number of nitrogens with zero attached hydrogens (tertiary/aromatic N) is 1. The Morgan fingerprint density at radius 2 is 1.00 bits per heavy atom. The molecule has 0 aromatic heterocycles. The van der Waals surface area contributed by atoms with Gasteiger partial charge in [0, 0.05) is 0 Å². The van der Waals surface area contributed by atoms with E-state index in [1.807, 2.05) is 0 Å². The number of aliphatic carboxylic acids is 1. The number of unbranched alkanes of at least 4 members (excludes halogenated alkanes) is 18. The number of hydrogen-bond donors (Lipinski definition) is 6. The average Bonchev–Trinajstić information content (AvgIpc) is 3.08. The van der Waals surface area contributed by atoms with E-state index in [0.717, 1.165) is 70.9 Å². The number of carbonyl (C=O) groups is 3. The van der Waals surface area contributed by atoms with Crippen LogP contribution in [0.5, 0.6) is 0 Å². The van der Waals surface area contributed by atoms with E-state index in [9.17, 15) is 14.7 Å². The molecule has 0 bridgehead atoms. The summed E-state index contributed by atoms with van der Waals surface area (Å²) < 4.78 is 0.0180. The van der Waals surface area contributed by atoms with E-state index in [4.69, 9.17) is 17.2 Å². The lowest BCUT2D eigenvalue weighted by Gasteiger charge is -2.44. The molecule has 296 valence electrons. The second-order valence-electron chi connectivity index (χ2n) is 14.8. The predicted molar refractivity (Wildman–Crippen MR) is 210 cm³/mol. The molecule has 2 atom stereocenters. The van der Waals surface area contributed by atoms with Crippen LogP contribution in [0.2, 0.25) is 0 Å². The number of rotatable bonds is 39. The summed E-state index contributed by atoms with van der Waals surface area (Å²) >= 11 is 0. The highest BCUT2D eigenvalue weighted by Crippen LogP contribution is 2.28. The molecule has 0 spiro atoms. The van der Waals surface area contributed by atoms with E-state index in [1.165, 1.54) is 89.9 Å². The SMILES string of the molecule is CCCCCCCCCCCC[N+](CCCCCCCCCCCC)(C(=O)[C@H](CCCNCCCN)NCCCN)[C@H](CC(N)=O)CC(=O)O. The maximum absolute atomic E-state index is 15.0. The molecule has 0 aliphatic rings. The fourth-order valence-corrected chi connectivity index (χ4v) is 7.28. The highest BCUT2D eigenvalue weighted by Gasteiger charge is 2.47. The Morgan fingerprint density at radius 3 is 1.42 bits per heavy atom. The number of carboxylic acid groups (broad SMARTS) is 1. The fraction of sp³-hybridized carbons (Fsp3) is 0.925. The molecule has 50 heavy (non-hydrogen) atoms. The molecule has 0 fully saturated rings. The Morgan fingerprint density at radius 1 is 0.580 bits per heavy atom. The fourth-order valence-electron chi connectivity index (χ4n) is 7.28. The largest absolute Gasteiger partial charge is 0.481 e. The Hall–Kier alpha value is -1.59. The van der Waals surface area contributed by atoms with Crippen molar-refractivity contribution in [3.8, 4) is 0 Å². The lowest BCUT2D eigenvalue weighted by Crippen LogP contribution is -2.66. The minimum Gasteiger partial charge on any atom is -0.481 e. The Labute approximate surface area is 307 Å². The molecular formula is C40H83N6O4+. The lowest BCUT2D eigenvalue weighted by atomic mass is 9.96. The molecular weight excluding hydrogens is 628 g/mol. The molecule has 0 saturated carbocycles. The van der Waals surface area contributed by atoms with Gasteiger partial charge in [-0.15, -0.1) is 0 Å². The van der Waals surface area contributed by atoms with Gasteiger partial charge in [-0.2, -0.15) is 0 Å². The second-order valence-corrected chi connectivity index (χ2v) is 14.8. The normalized spacial score (nSPS) is 13.0. The highest BCUT2D eigenvalue weighted by molar-refractivity contribution is 5.79. The number of quaternary nitrogens is 1. The van der Waals surface area contributed by atoms with Crippen molar-refractivity contribution >= 4 is 17.8 Å². The van der Waals surface area contributed by atoms with Gasteiger partial charge in [0.2, 0.25) is 5.91 Å². The van der Waals surface area contributed by atoms with E-state index in [-0.39, 0.29) is 23.2 Å². The summed E-state index contributed by atoms with van der Waals surface area (Å²) in [4.78, 5) is 39.8. The molecule has 0 aromatic carbocycles. The van der Waals surface area contributed by atoms with Crippen molar-refractivity contribution in [2.24, 2.45) is 17.2 Å². The van der Waals surface area contributed by atoms with E-state index in [1.54, 1.807) is 0 Å². The predicted octanol–water partition coefficient (Wildman–Crippen LogP) is 6.92. The number of amides is 2. The number of carboxylic acids is 1. The van der Waals surface area contributed by atoms with Gasteiger partial charge in [0.05, 0.1) is 25.9 Å². The third-order valence-electron chi connectivity index (χ3n) is 10.3. The van der Waals surface area contributed by atoms with Gasteiger partial charge in [-0.1, -0.05) is 117 Å². The van der Waals surface area contributed by atoms with Crippen LogP contribution in [-0.2, 0) is 14.4 Å². The summed E-state index contributed by atoms with van der Waals surface area (Å²) in [6, 6.07) is -1.13. The molecule has 0 rings (SSSR count). The first kappa shape index (κ1) is 48.4. The number of hydrogen-bond acceptors (Lipinski definition) is 7. The first-order valence-corrected chi connectivity index (χ1v) is 21.0. The highest BCUT2D eigenvalue weighted by atomic mass is 16.4. The first-order valence-electron chi connectivity index (χ1n) is 21.0. The molecule has 0 aromatic rings. The van der Waals surface area contributed by atoms with Crippen LogP contribution >= 0.6 is 0 Å². The number of carbonyl (C=O) groups excluding carboxylic acids is 2. The maximum atomic E-state index is 15.0. The Bertz CT molecular complexity index is 775. The number of primary amides is 1. The zero-order valence-electron chi connectivity index (χ0n) is 32.8. The number of nitrogens with two attached hydrogens (primary N) is 3. The minimum absolute atomic E-state index is 0.0170. The van der Waals surface area contributed by atoms with Crippen LogP contribution in [0.15, 0.2) is 0 Å². The van der Waals surface area contributed by atoms with Gasteiger partial charge in [-0.25, -0.2) is 4.79 Å². The number of nitrogens with one attached hydrogen (secondary N) is 2. The minimum atomic E-state index is -0.991. The van der Waals surface area contributed by atoms with Crippen LogP contribution < -0.4 is 27.8 Å². The van der Waals surface area contributed by atoms with Gasteiger partial charge in [0.1, 0.15) is 12.1 Å². The first-order chi connectivity index (χ1) is 24.3. The summed E-state index contributed by atoms with van der Waals surface area (Å²) in [5.74, 6) is -1.52. The summed E-state index contributed by atoms with van der Waals surface area (Å²) in [5, 5.41) is 17.0. The summed E-state index contributed by atoms with van der Waals surface area (Å²) in [5.41, 5.74) is 17.3. The van der Waals surface area contributed by atoms with Gasteiger partial charge in [0.25, 0.3) is 0 Å². The van der Waals surface area contributed by atoms with Gasteiger partial charge >= 0.3 is 11.9 Å². The summed E-state index contributed by atoms with van der Waals surface area (Å²) in [6.45, 7) is 8.96. The van der Waals surface area contributed by atoms with Crippen molar-refractivity contribution in [2.75, 3.05) is 45.8 Å². The molecule has 0 heterocycles. The van der Waals surface area contributed by atoms with Gasteiger partial charge in [-0.3, -0.25) is 14.1 Å². The van der Waals surface area contributed by atoms with Gasteiger partial charge < -0.3 is 32.9 Å². The van der Waals surface area contributed by atoms with Crippen molar-refractivity contribution < 1.29 is 24.0 Å². The van der Waals surface area contributed by atoms with Crippen LogP contribution in [0.3, 0.4) is 0 Å². The smallest absolute Gasteiger partial charge is 0.330 e. The molecule has 9 N–H and O–H groups in total. The van der Waals surface area contributed by atoms with E-state index in [0.29, 0.717) is 39.1 Å². The summed E-state index contributed by atoms with van der Waals surface area (Å²) in [6.07, 6.45) is 26.3. The molecule has 10 nitrogen and oxygen atoms in total. The third kappa shape index (κ3) is 25.4. The lowest BCUT2D eigenvalue weighted by molar-refractivity contribution is -0.880. The van der Waals surface area contributed by atoms with Crippen molar-refractivity contribution in [1.29, 1.82) is 0 Å². The molecule has 0 radical (unpaired) electrons. The molecule has 0 unspecified atom stereocenters. The van der Waals surface area contributed by atoms with Crippen molar-refractivity contribution in [1.82, 2.24) is 10.6 Å².